The molecule has 13 nitrogen and oxygen atoms in total. The molecular weight excluding hydrogens is 1090 g/mol. The van der Waals surface area contributed by atoms with E-state index in [9.17, 15) is 62.3 Å². The second kappa shape index (κ2) is 26.7. The molecule has 1 saturated carbocycles. The number of nitrogens with one attached hydrogen (secondary N) is 2. The van der Waals surface area contributed by atoms with Gasteiger partial charge in [0.1, 0.15) is 17.7 Å². The van der Waals surface area contributed by atoms with Gasteiger partial charge in [0.2, 0.25) is 11.8 Å². The van der Waals surface area contributed by atoms with Crippen molar-refractivity contribution < 1.29 is 71.1 Å². The number of carbonyl (C=O) groups excluding carboxylic acids is 2. The lowest BCUT2D eigenvalue weighted by Crippen LogP contribution is -2.46. The molecule has 0 radical (unpaired) electrons. The fourth-order valence-corrected chi connectivity index (χ4v) is 8.18. The SMILES string of the molecule is FC(F)(F)C1CCCC1.O=C(NCCBr)N(Cc1ccc(-c2nnc(C(F)F)o2)cc1F)c1ccccc1.O=C(NCCN1CCC[C@@H]1C(F)(F)F)N(Cc1ccc(-c2nnc(C(F)F)o2)cc1F)c1ccccc1. The van der Waals surface area contributed by atoms with Crippen molar-refractivity contribution in [2.24, 2.45) is 5.92 Å². The molecule has 8 rings (SSSR count). The largest absolute Gasteiger partial charge is 0.415 e. The highest BCUT2D eigenvalue weighted by Crippen LogP contribution is 2.38. The van der Waals surface area contributed by atoms with Crippen LogP contribution in [0.3, 0.4) is 0 Å². The van der Waals surface area contributed by atoms with Crippen molar-refractivity contribution >= 4 is 39.4 Å². The molecule has 1 saturated heterocycles. The van der Waals surface area contributed by atoms with Gasteiger partial charge in [0.05, 0.1) is 19.0 Å². The lowest BCUT2D eigenvalue weighted by molar-refractivity contribution is -0.175. The van der Waals surface area contributed by atoms with Crippen LogP contribution in [0.15, 0.2) is 106 Å². The van der Waals surface area contributed by atoms with Crippen molar-refractivity contribution in [1.82, 2.24) is 35.9 Å². The number of para-hydroxylation sites is 2. The Morgan fingerprint density at radius 2 is 1.08 bits per heavy atom. The predicted molar refractivity (Wildman–Crippen MR) is 254 cm³/mol. The summed E-state index contributed by atoms with van der Waals surface area (Å²) in [6.07, 6.45) is -11.5. The van der Waals surface area contributed by atoms with Gasteiger partial charge in [-0.25, -0.2) is 18.4 Å². The minimum atomic E-state index is -4.33. The number of carbonyl (C=O) groups is 2. The maximum absolute atomic E-state index is 14.9. The third kappa shape index (κ3) is 16.4. The number of rotatable bonds is 15. The summed E-state index contributed by atoms with van der Waals surface area (Å²) in [6.45, 7) is 0.456. The molecule has 4 aromatic carbocycles. The lowest BCUT2D eigenvalue weighted by atomic mass is 10.1. The topological polar surface area (TPSA) is 146 Å². The van der Waals surface area contributed by atoms with Crippen molar-refractivity contribution in [2.45, 2.75) is 82.9 Å². The number of nitrogens with zero attached hydrogens (tertiary/aromatic N) is 7. The maximum atomic E-state index is 14.9. The van der Waals surface area contributed by atoms with Crippen molar-refractivity contribution in [3.63, 3.8) is 0 Å². The van der Waals surface area contributed by atoms with E-state index >= 15 is 0 Å². The van der Waals surface area contributed by atoms with Gasteiger partial charge in [-0.3, -0.25) is 14.7 Å². The second-order valence-electron chi connectivity index (χ2n) is 16.9. The van der Waals surface area contributed by atoms with Crippen LogP contribution in [0, 0.1) is 17.6 Å². The summed E-state index contributed by atoms with van der Waals surface area (Å²) >= 11 is 3.24. The Morgan fingerprint density at radius 1 is 0.627 bits per heavy atom. The molecule has 3 heterocycles. The van der Waals surface area contributed by atoms with Crippen LogP contribution >= 0.6 is 15.9 Å². The van der Waals surface area contributed by atoms with Crippen LogP contribution in [-0.4, -0.2) is 87.3 Å². The third-order valence-electron chi connectivity index (χ3n) is 11.7. The van der Waals surface area contributed by atoms with Crippen LogP contribution in [0.2, 0.25) is 0 Å². The normalized spacial score (nSPS) is 15.1. The fraction of sp³-hybridized carbons (Fsp3) is 0.388. The van der Waals surface area contributed by atoms with Crippen LogP contribution in [0.1, 0.15) is 74.3 Å². The number of alkyl halides is 11. The molecule has 4 amide bonds. The molecule has 1 aliphatic heterocycles. The number of hydrogen-bond acceptors (Lipinski definition) is 9. The molecule has 6 aromatic rings. The molecule has 0 bridgehead atoms. The number of likely N-dealkylation sites (tertiary alicyclic amines) is 1. The zero-order valence-electron chi connectivity index (χ0n) is 39.4. The Kier molecular flexibility index (Phi) is 20.5. The Bertz CT molecular complexity index is 2750. The van der Waals surface area contributed by atoms with Gasteiger partial charge in [0.15, 0.2) is 0 Å². The van der Waals surface area contributed by atoms with Crippen LogP contribution in [0.5, 0.6) is 0 Å². The molecule has 75 heavy (non-hydrogen) atoms. The number of halogens is 13. The summed E-state index contributed by atoms with van der Waals surface area (Å²) in [7, 11) is 0. The van der Waals surface area contributed by atoms with Gasteiger partial charge in [0.25, 0.3) is 11.8 Å². The van der Waals surface area contributed by atoms with Crippen molar-refractivity contribution in [1.29, 1.82) is 0 Å². The van der Waals surface area contributed by atoms with Crippen molar-refractivity contribution in [2.75, 3.05) is 41.3 Å². The van der Waals surface area contributed by atoms with E-state index in [1.807, 2.05) is 6.07 Å². The Labute approximate surface area is 429 Å². The van der Waals surface area contributed by atoms with Crippen molar-refractivity contribution in [3.05, 3.63) is 132 Å². The van der Waals surface area contributed by atoms with Gasteiger partial charge in [-0.1, -0.05) is 77.3 Å². The van der Waals surface area contributed by atoms with Gasteiger partial charge < -0.3 is 19.5 Å². The molecule has 2 N–H and O–H groups in total. The van der Waals surface area contributed by atoms with E-state index in [1.165, 1.54) is 39.0 Å². The van der Waals surface area contributed by atoms with Gasteiger partial charge in [-0.2, -0.15) is 43.9 Å². The third-order valence-corrected chi connectivity index (χ3v) is 12.1. The lowest BCUT2D eigenvalue weighted by Gasteiger charge is -2.27. The fourth-order valence-electron chi connectivity index (χ4n) is 7.98. The number of aromatic nitrogens is 4. The molecule has 0 spiro atoms. The maximum Gasteiger partial charge on any atom is 0.404 e. The summed E-state index contributed by atoms with van der Waals surface area (Å²) in [4.78, 5) is 29.5. The molecule has 26 heteroatoms. The van der Waals surface area contributed by atoms with E-state index in [2.05, 4.69) is 47.0 Å². The smallest absolute Gasteiger partial charge is 0.404 e. The van der Waals surface area contributed by atoms with Crippen LogP contribution in [0.4, 0.5) is 73.6 Å². The van der Waals surface area contributed by atoms with Gasteiger partial charge in [-0.15, -0.1) is 20.4 Å². The van der Waals surface area contributed by atoms with Gasteiger partial charge >= 0.3 is 37.3 Å². The van der Waals surface area contributed by atoms with E-state index < -0.39 is 66.6 Å². The molecular formula is C49H48BrF12N9O4. The van der Waals surface area contributed by atoms with Crippen molar-refractivity contribution in [3.8, 4) is 22.9 Å². The van der Waals surface area contributed by atoms with Gasteiger partial charge in [0, 0.05) is 58.6 Å². The number of benzene rings is 4. The molecule has 2 aliphatic rings. The first-order chi connectivity index (χ1) is 35.7. The first-order valence-electron chi connectivity index (χ1n) is 23.2. The van der Waals surface area contributed by atoms with Crippen LogP contribution in [0.25, 0.3) is 22.9 Å². The quantitative estimate of drug-likeness (QED) is 0.0758. The minimum Gasteiger partial charge on any atom is -0.415 e. The highest BCUT2D eigenvalue weighted by atomic mass is 79.9. The Morgan fingerprint density at radius 3 is 1.45 bits per heavy atom. The number of anilines is 2. The number of amides is 4. The summed E-state index contributed by atoms with van der Waals surface area (Å²) in [5.41, 5.74) is 1.63. The summed E-state index contributed by atoms with van der Waals surface area (Å²) in [5.74, 6) is -4.57. The standard InChI is InChI=1S/C24H23F6N5O2.C19H16BrF3N4O2.C6H9F3/c25-18-13-15(21-32-33-22(37-21)20(26)27)8-9-16(18)14-35(17-5-2-1-3-6-17)23(36)31-10-12-34-11-4-7-19(34)24(28,29)30;20-8-9-24-19(28)27(14-4-2-1-3-5-14)11-13-7-6-12(10-15(13)21)17-25-26-18(29-17)16(22)23;7-6(8,9)5-3-1-2-4-5/h1-3,5-6,8-9,13,19-20H,4,7,10-12,14H2,(H,31,36);1-7,10,16H,8-9,11H2,(H,24,28);5H,1-4H2/t19-;;/m1../s1. The number of hydrogen-bond donors (Lipinski definition) is 2. The molecule has 1 atom stereocenters. The highest BCUT2D eigenvalue weighted by Gasteiger charge is 2.45. The molecule has 0 unspecified atom stereocenters. The second-order valence-corrected chi connectivity index (χ2v) is 17.7. The molecule has 2 fully saturated rings. The summed E-state index contributed by atoms with van der Waals surface area (Å²) in [6, 6.07) is 22.5. The monoisotopic (exact) mass is 1130 g/mol. The average Bonchev–Trinajstić information content (AvgIpc) is 4.24. The first kappa shape index (κ1) is 57.6. The van der Waals surface area contributed by atoms with E-state index in [0.29, 0.717) is 49.1 Å². The van der Waals surface area contributed by atoms with Crippen LogP contribution < -0.4 is 20.4 Å². The first-order valence-corrected chi connectivity index (χ1v) is 24.3. The minimum absolute atomic E-state index is 0.0202. The van der Waals surface area contributed by atoms with E-state index in [-0.39, 0.29) is 72.7 Å². The Balaban J connectivity index is 0.000000213. The molecule has 1 aliphatic carbocycles. The Hall–Kier alpha value is -6.70. The van der Waals surface area contributed by atoms with Gasteiger partial charge in [-0.05, 0) is 80.8 Å². The average molecular weight is 1130 g/mol. The van der Waals surface area contributed by atoms with E-state index in [1.54, 1.807) is 54.6 Å². The zero-order valence-corrected chi connectivity index (χ0v) is 41.0. The summed E-state index contributed by atoms with van der Waals surface area (Å²) in [5, 5.41) is 19.4. The van der Waals surface area contributed by atoms with E-state index in [4.69, 9.17) is 8.83 Å². The summed E-state index contributed by atoms with van der Waals surface area (Å²) < 4.78 is 165. The zero-order chi connectivity index (χ0) is 54.3. The number of urea groups is 2. The molecule has 2 aromatic heterocycles. The van der Waals surface area contributed by atoms with E-state index in [0.717, 1.165) is 25.0 Å². The predicted octanol–water partition coefficient (Wildman–Crippen LogP) is 13.2. The molecule has 404 valence electrons. The highest BCUT2D eigenvalue weighted by molar-refractivity contribution is 9.09. The van der Waals surface area contributed by atoms with Crippen LogP contribution in [-0.2, 0) is 13.1 Å².